The van der Waals surface area contributed by atoms with E-state index in [1.54, 1.807) is 0 Å². The number of nitrogens with zero attached hydrogens (tertiary/aromatic N) is 1. The van der Waals surface area contributed by atoms with Gasteiger partial charge in [0.1, 0.15) is 0 Å². The van der Waals surface area contributed by atoms with Gasteiger partial charge in [-0.1, -0.05) is 46.4 Å². The molecule has 2 nitrogen and oxygen atoms in total. The predicted molar refractivity (Wildman–Crippen MR) is 75.2 cm³/mol. The molecule has 0 amide bonds. The number of rotatable bonds is 4. The first-order chi connectivity index (χ1) is 7.37. The molecule has 0 aromatic rings. The van der Waals surface area contributed by atoms with Gasteiger partial charge >= 0.3 is 0 Å². The fourth-order valence-electron chi connectivity index (χ4n) is 1.72. The third-order valence-electron chi connectivity index (χ3n) is 2.62. The van der Waals surface area contributed by atoms with Crippen molar-refractivity contribution in [3.8, 4) is 0 Å². The average molecular weight is 242 g/mol. The first-order valence-electron chi connectivity index (χ1n) is 6.30. The topological polar surface area (TPSA) is 24.4 Å². The average Bonchev–Trinajstić information content (AvgIpc) is 2.49. The van der Waals surface area contributed by atoms with Gasteiger partial charge in [0.25, 0.3) is 0 Å². The maximum atomic E-state index is 4.63. The van der Waals surface area contributed by atoms with Crippen LogP contribution in [0.1, 0.15) is 47.5 Å². The highest BCUT2D eigenvalue weighted by molar-refractivity contribution is 8.14. The third-order valence-corrected chi connectivity index (χ3v) is 3.71. The lowest BCUT2D eigenvalue weighted by molar-refractivity contribution is 0.385. The molecule has 0 spiro atoms. The fraction of sp³-hybridized carbons (Fsp3) is 0.923. The molecule has 1 aliphatic rings. The van der Waals surface area contributed by atoms with Crippen LogP contribution in [0.25, 0.3) is 0 Å². The van der Waals surface area contributed by atoms with Gasteiger partial charge in [-0.15, -0.1) is 0 Å². The van der Waals surface area contributed by atoms with Crippen LogP contribution in [0.15, 0.2) is 4.99 Å². The van der Waals surface area contributed by atoms with Crippen molar-refractivity contribution >= 4 is 16.9 Å². The minimum absolute atomic E-state index is 0.394. The van der Waals surface area contributed by atoms with Gasteiger partial charge in [-0.25, -0.2) is 0 Å². The SMILES string of the molecule is CC(C)CC1CSC(=NCCC(C)(C)C)N1. The second-order valence-electron chi connectivity index (χ2n) is 6.28. The summed E-state index contributed by atoms with van der Waals surface area (Å²) in [7, 11) is 0. The minimum atomic E-state index is 0.394. The highest BCUT2D eigenvalue weighted by Gasteiger charge is 2.20. The van der Waals surface area contributed by atoms with Gasteiger partial charge in [-0.3, -0.25) is 4.99 Å². The maximum Gasteiger partial charge on any atom is 0.156 e. The summed E-state index contributed by atoms with van der Waals surface area (Å²) in [5.74, 6) is 1.96. The van der Waals surface area contributed by atoms with Crippen LogP contribution >= 0.6 is 11.8 Å². The Labute approximate surface area is 105 Å². The molecule has 1 saturated heterocycles. The Morgan fingerprint density at radius 3 is 2.69 bits per heavy atom. The second kappa shape index (κ2) is 5.95. The van der Waals surface area contributed by atoms with Crippen LogP contribution in [0.4, 0.5) is 0 Å². The van der Waals surface area contributed by atoms with Gasteiger partial charge in [0.2, 0.25) is 0 Å². The summed E-state index contributed by atoms with van der Waals surface area (Å²) in [5.41, 5.74) is 0.394. The molecule has 0 aromatic heterocycles. The van der Waals surface area contributed by atoms with Gasteiger partial charge in [-0.2, -0.15) is 0 Å². The highest BCUT2D eigenvalue weighted by Crippen LogP contribution is 2.21. The lowest BCUT2D eigenvalue weighted by Crippen LogP contribution is -2.28. The lowest BCUT2D eigenvalue weighted by Gasteiger charge is -2.16. The van der Waals surface area contributed by atoms with Gasteiger partial charge in [0, 0.05) is 18.3 Å². The van der Waals surface area contributed by atoms with E-state index in [2.05, 4.69) is 44.9 Å². The molecule has 0 aromatic carbocycles. The molecule has 1 aliphatic heterocycles. The van der Waals surface area contributed by atoms with Crippen molar-refractivity contribution in [1.82, 2.24) is 5.32 Å². The first-order valence-corrected chi connectivity index (χ1v) is 7.29. The second-order valence-corrected chi connectivity index (χ2v) is 7.29. The minimum Gasteiger partial charge on any atom is -0.361 e. The van der Waals surface area contributed by atoms with E-state index < -0.39 is 0 Å². The monoisotopic (exact) mass is 242 g/mol. The zero-order valence-corrected chi connectivity index (χ0v) is 12.2. The summed E-state index contributed by atoms with van der Waals surface area (Å²) >= 11 is 1.88. The molecule has 94 valence electrons. The van der Waals surface area contributed by atoms with Crippen molar-refractivity contribution < 1.29 is 0 Å². The summed E-state index contributed by atoms with van der Waals surface area (Å²) in [4.78, 5) is 4.63. The van der Waals surface area contributed by atoms with Gasteiger partial charge in [0.05, 0.1) is 0 Å². The van der Waals surface area contributed by atoms with E-state index in [-0.39, 0.29) is 0 Å². The van der Waals surface area contributed by atoms with Crippen LogP contribution in [0.2, 0.25) is 0 Å². The molecular formula is C13H26N2S. The Balaban J connectivity index is 2.27. The van der Waals surface area contributed by atoms with Gasteiger partial charge in [0.15, 0.2) is 5.17 Å². The van der Waals surface area contributed by atoms with Gasteiger partial charge in [-0.05, 0) is 24.2 Å². The van der Waals surface area contributed by atoms with Crippen LogP contribution in [-0.2, 0) is 0 Å². The number of hydrogen-bond acceptors (Lipinski definition) is 2. The Morgan fingerprint density at radius 1 is 1.44 bits per heavy atom. The number of aliphatic imine (C=N–C) groups is 1. The van der Waals surface area contributed by atoms with Crippen molar-refractivity contribution in [1.29, 1.82) is 0 Å². The van der Waals surface area contributed by atoms with Crippen LogP contribution < -0.4 is 5.32 Å². The van der Waals surface area contributed by atoms with Crippen LogP contribution in [0, 0.1) is 11.3 Å². The predicted octanol–water partition coefficient (Wildman–Crippen LogP) is 3.53. The molecule has 0 bridgehead atoms. The van der Waals surface area contributed by atoms with E-state index in [9.17, 15) is 0 Å². The summed E-state index contributed by atoms with van der Waals surface area (Å²) in [6.07, 6.45) is 2.42. The number of hydrogen-bond donors (Lipinski definition) is 1. The molecule has 1 heterocycles. The van der Waals surface area contributed by atoms with Crippen molar-refractivity contribution in [3.63, 3.8) is 0 Å². The Morgan fingerprint density at radius 2 is 2.12 bits per heavy atom. The largest absolute Gasteiger partial charge is 0.361 e. The highest BCUT2D eigenvalue weighted by atomic mass is 32.2. The zero-order chi connectivity index (χ0) is 12.2. The quantitative estimate of drug-likeness (QED) is 0.815. The van der Waals surface area contributed by atoms with E-state index in [1.165, 1.54) is 12.2 Å². The molecule has 1 rings (SSSR count). The summed E-state index contributed by atoms with van der Waals surface area (Å²) in [6, 6.07) is 0.637. The molecule has 0 aliphatic carbocycles. The van der Waals surface area contributed by atoms with Gasteiger partial charge < -0.3 is 5.32 Å². The van der Waals surface area contributed by atoms with E-state index in [0.29, 0.717) is 11.5 Å². The summed E-state index contributed by atoms with van der Waals surface area (Å²) in [5, 5.41) is 4.68. The number of thioether (sulfide) groups is 1. The summed E-state index contributed by atoms with van der Waals surface area (Å²) in [6.45, 7) is 12.3. The molecule has 1 atom stereocenters. The molecule has 1 unspecified atom stereocenters. The van der Waals surface area contributed by atoms with Crippen LogP contribution in [0.3, 0.4) is 0 Å². The van der Waals surface area contributed by atoms with E-state index >= 15 is 0 Å². The molecule has 1 N–H and O–H groups in total. The smallest absolute Gasteiger partial charge is 0.156 e. The normalized spacial score (nSPS) is 24.1. The van der Waals surface area contributed by atoms with E-state index in [1.807, 2.05) is 11.8 Å². The van der Waals surface area contributed by atoms with Crippen molar-refractivity contribution in [2.24, 2.45) is 16.3 Å². The molecule has 3 heteroatoms. The Hall–Kier alpha value is -0.180. The third kappa shape index (κ3) is 5.78. The first kappa shape index (κ1) is 13.9. The zero-order valence-electron chi connectivity index (χ0n) is 11.3. The standard InChI is InChI=1S/C13H26N2S/c1-10(2)8-11-9-16-12(15-11)14-7-6-13(3,4)5/h10-11H,6-9H2,1-5H3,(H,14,15). The number of amidine groups is 1. The molecule has 1 fully saturated rings. The lowest BCUT2D eigenvalue weighted by atomic mass is 9.93. The van der Waals surface area contributed by atoms with E-state index in [4.69, 9.17) is 0 Å². The summed E-state index contributed by atoms with van der Waals surface area (Å²) < 4.78 is 0. The van der Waals surface area contributed by atoms with Crippen molar-refractivity contribution in [2.45, 2.75) is 53.5 Å². The van der Waals surface area contributed by atoms with Crippen molar-refractivity contribution in [2.75, 3.05) is 12.3 Å². The van der Waals surface area contributed by atoms with Crippen LogP contribution in [0.5, 0.6) is 0 Å². The fourth-order valence-corrected chi connectivity index (χ4v) is 2.73. The molecular weight excluding hydrogens is 216 g/mol. The maximum absolute atomic E-state index is 4.63. The molecule has 0 radical (unpaired) electrons. The Kier molecular flexibility index (Phi) is 5.16. The number of nitrogens with one attached hydrogen (secondary N) is 1. The van der Waals surface area contributed by atoms with E-state index in [0.717, 1.165) is 24.1 Å². The van der Waals surface area contributed by atoms with Crippen molar-refractivity contribution in [3.05, 3.63) is 0 Å². The molecule has 0 saturated carbocycles. The van der Waals surface area contributed by atoms with Crippen LogP contribution in [-0.4, -0.2) is 23.5 Å². The molecule has 16 heavy (non-hydrogen) atoms. The Bertz CT molecular complexity index is 241.